The average molecular weight is 469 g/mol. The van der Waals surface area contributed by atoms with Crippen molar-refractivity contribution in [3.63, 3.8) is 0 Å². The first-order valence-electron chi connectivity index (χ1n) is 9.63. The van der Waals surface area contributed by atoms with Crippen LogP contribution in [0.1, 0.15) is 31.1 Å². The number of aromatic nitrogens is 2. The third-order valence-corrected chi connectivity index (χ3v) is 6.67. The highest BCUT2D eigenvalue weighted by Crippen LogP contribution is 2.23. The SMILES string of the molecule is CCS(=O)(=O)c1nsc(NC(=O)C(C#N)=Cc2ccc(OC(C)c3ccccc3)cc2)n1. The summed E-state index contributed by atoms with van der Waals surface area (Å²) in [6.45, 7) is 3.43. The summed E-state index contributed by atoms with van der Waals surface area (Å²) in [4.78, 5) is 16.2. The van der Waals surface area contributed by atoms with Gasteiger partial charge in [-0.05, 0) is 36.3 Å². The van der Waals surface area contributed by atoms with E-state index < -0.39 is 15.7 Å². The van der Waals surface area contributed by atoms with Crippen molar-refractivity contribution < 1.29 is 17.9 Å². The van der Waals surface area contributed by atoms with E-state index in [1.54, 1.807) is 24.3 Å². The molecule has 0 saturated heterocycles. The molecular weight excluding hydrogens is 448 g/mol. The standard InChI is InChI=1S/C22H20N4O4S2/c1-3-32(28,29)22-25-21(31-26-22)24-20(27)18(14-23)13-16-9-11-19(12-10-16)30-15(2)17-7-5-4-6-8-17/h4-13,15H,3H2,1-2H3,(H,24,25,26,27). The lowest BCUT2D eigenvalue weighted by atomic mass is 10.1. The van der Waals surface area contributed by atoms with Crippen LogP contribution in [0.2, 0.25) is 0 Å². The second kappa shape index (κ2) is 10.2. The van der Waals surface area contributed by atoms with Crippen molar-refractivity contribution in [2.24, 2.45) is 0 Å². The first-order chi connectivity index (χ1) is 15.3. The van der Waals surface area contributed by atoms with E-state index in [1.165, 1.54) is 13.0 Å². The van der Waals surface area contributed by atoms with Crippen LogP contribution in [0.25, 0.3) is 6.08 Å². The third kappa shape index (κ3) is 5.78. The minimum Gasteiger partial charge on any atom is -0.486 e. The van der Waals surface area contributed by atoms with E-state index in [1.807, 2.05) is 43.3 Å². The Morgan fingerprint density at radius 1 is 1.22 bits per heavy atom. The Bertz CT molecular complexity index is 1260. The monoisotopic (exact) mass is 468 g/mol. The Kier molecular flexibility index (Phi) is 7.35. The van der Waals surface area contributed by atoms with Crippen LogP contribution in [0.5, 0.6) is 5.75 Å². The summed E-state index contributed by atoms with van der Waals surface area (Å²) in [5, 5.41) is 11.4. The number of hydrogen-bond donors (Lipinski definition) is 1. The summed E-state index contributed by atoms with van der Waals surface area (Å²) in [6.07, 6.45) is 1.29. The topological polar surface area (TPSA) is 122 Å². The lowest BCUT2D eigenvalue weighted by Gasteiger charge is -2.15. The number of ether oxygens (including phenoxy) is 1. The van der Waals surface area contributed by atoms with Gasteiger partial charge in [0.05, 0.1) is 5.75 Å². The number of sulfone groups is 1. The van der Waals surface area contributed by atoms with Gasteiger partial charge < -0.3 is 4.74 Å². The zero-order valence-corrected chi connectivity index (χ0v) is 19.0. The molecule has 1 unspecified atom stereocenters. The summed E-state index contributed by atoms with van der Waals surface area (Å²) in [5.41, 5.74) is 1.51. The molecular formula is C22H20N4O4S2. The quantitative estimate of drug-likeness (QED) is 0.391. The molecule has 32 heavy (non-hydrogen) atoms. The molecule has 164 valence electrons. The molecule has 1 atom stereocenters. The normalized spacial score (nSPS) is 12.6. The van der Waals surface area contributed by atoms with Gasteiger partial charge in [0, 0.05) is 11.5 Å². The Morgan fingerprint density at radius 2 is 1.91 bits per heavy atom. The smallest absolute Gasteiger partial charge is 0.268 e. The van der Waals surface area contributed by atoms with Crippen molar-refractivity contribution in [3.05, 3.63) is 71.3 Å². The van der Waals surface area contributed by atoms with Crippen LogP contribution in [0, 0.1) is 11.3 Å². The lowest BCUT2D eigenvalue weighted by molar-refractivity contribution is -0.112. The van der Waals surface area contributed by atoms with Gasteiger partial charge in [0.25, 0.3) is 11.1 Å². The highest BCUT2D eigenvalue weighted by molar-refractivity contribution is 7.91. The molecule has 3 rings (SSSR count). The van der Waals surface area contributed by atoms with Gasteiger partial charge in [-0.2, -0.15) is 14.6 Å². The number of benzene rings is 2. The molecule has 0 bridgehead atoms. The van der Waals surface area contributed by atoms with Crippen molar-refractivity contribution in [2.45, 2.75) is 25.1 Å². The molecule has 0 aliphatic rings. The van der Waals surface area contributed by atoms with E-state index in [9.17, 15) is 18.5 Å². The van der Waals surface area contributed by atoms with Gasteiger partial charge in [-0.3, -0.25) is 10.1 Å². The van der Waals surface area contributed by atoms with Gasteiger partial charge in [0.1, 0.15) is 23.5 Å². The summed E-state index contributed by atoms with van der Waals surface area (Å²) in [5.74, 6) is -0.202. The van der Waals surface area contributed by atoms with E-state index in [2.05, 4.69) is 14.7 Å². The van der Waals surface area contributed by atoms with Crippen LogP contribution in [0.3, 0.4) is 0 Å². The zero-order chi connectivity index (χ0) is 23.1. The van der Waals surface area contributed by atoms with Gasteiger partial charge in [-0.15, -0.1) is 0 Å². The van der Waals surface area contributed by atoms with Crippen LogP contribution in [0.4, 0.5) is 5.13 Å². The molecule has 1 N–H and O–H groups in total. The van der Waals surface area contributed by atoms with Crippen LogP contribution >= 0.6 is 11.5 Å². The second-order valence-corrected chi connectivity index (χ2v) is 9.57. The van der Waals surface area contributed by atoms with Crippen molar-refractivity contribution in [2.75, 3.05) is 11.1 Å². The van der Waals surface area contributed by atoms with E-state index in [-0.39, 0.29) is 27.7 Å². The number of carbonyl (C=O) groups is 1. The number of nitriles is 1. The van der Waals surface area contributed by atoms with Crippen molar-refractivity contribution >= 4 is 38.5 Å². The van der Waals surface area contributed by atoms with Crippen LogP contribution in [-0.4, -0.2) is 29.4 Å². The minimum atomic E-state index is -3.57. The molecule has 0 saturated carbocycles. The van der Waals surface area contributed by atoms with E-state index in [0.29, 0.717) is 11.3 Å². The summed E-state index contributed by atoms with van der Waals surface area (Å²) in [7, 11) is -3.57. The third-order valence-electron chi connectivity index (χ3n) is 4.42. The van der Waals surface area contributed by atoms with Crippen molar-refractivity contribution in [3.8, 4) is 11.8 Å². The van der Waals surface area contributed by atoms with Crippen LogP contribution in [0.15, 0.2) is 65.3 Å². The molecule has 0 spiro atoms. The van der Waals surface area contributed by atoms with Crippen LogP contribution in [-0.2, 0) is 14.6 Å². The molecule has 10 heteroatoms. The molecule has 1 heterocycles. The largest absolute Gasteiger partial charge is 0.486 e. The molecule has 0 fully saturated rings. The molecule has 2 aromatic carbocycles. The predicted molar refractivity (Wildman–Crippen MR) is 122 cm³/mol. The molecule has 0 aliphatic carbocycles. The summed E-state index contributed by atoms with van der Waals surface area (Å²) in [6, 6.07) is 18.6. The highest BCUT2D eigenvalue weighted by Gasteiger charge is 2.20. The Labute approximate surface area is 190 Å². The first kappa shape index (κ1) is 23.1. The summed E-state index contributed by atoms with van der Waals surface area (Å²) < 4.78 is 33.3. The van der Waals surface area contributed by atoms with Gasteiger partial charge in [0.15, 0.2) is 0 Å². The lowest BCUT2D eigenvalue weighted by Crippen LogP contribution is -2.13. The molecule has 0 radical (unpaired) electrons. The number of amides is 1. The fraction of sp³-hybridized carbons (Fsp3) is 0.182. The van der Waals surface area contributed by atoms with Gasteiger partial charge in [-0.25, -0.2) is 8.42 Å². The number of hydrogen-bond acceptors (Lipinski definition) is 8. The molecule has 1 aromatic heterocycles. The van der Waals surface area contributed by atoms with Gasteiger partial charge in [-0.1, -0.05) is 49.4 Å². The molecule has 3 aromatic rings. The maximum atomic E-state index is 12.4. The van der Waals surface area contributed by atoms with Crippen molar-refractivity contribution in [1.29, 1.82) is 5.26 Å². The van der Waals surface area contributed by atoms with E-state index in [4.69, 9.17) is 4.74 Å². The number of nitrogens with zero attached hydrogens (tertiary/aromatic N) is 3. The number of rotatable bonds is 8. The summed E-state index contributed by atoms with van der Waals surface area (Å²) >= 11 is 0.735. The average Bonchev–Trinajstić information content (AvgIpc) is 3.28. The van der Waals surface area contributed by atoms with E-state index >= 15 is 0 Å². The number of anilines is 1. The number of carbonyl (C=O) groups excluding carboxylic acids is 1. The highest BCUT2D eigenvalue weighted by atomic mass is 32.2. The number of nitrogens with one attached hydrogen (secondary N) is 1. The Morgan fingerprint density at radius 3 is 2.53 bits per heavy atom. The fourth-order valence-electron chi connectivity index (χ4n) is 2.63. The molecule has 8 nitrogen and oxygen atoms in total. The minimum absolute atomic E-state index is 0.00169. The Hall–Kier alpha value is -3.55. The van der Waals surface area contributed by atoms with Gasteiger partial charge in [0.2, 0.25) is 15.0 Å². The molecule has 1 amide bonds. The maximum Gasteiger partial charge on any atom is 0.268 e. The fourth-order valence-corrected chi connectivity index (χ4v) is 4.22. The predicted octanol–water partition coefficient (Wildman–Crippen LogP) is 4.02. The van der Waals surface area contributed by atoms with Crippen molar-refractivity contribution in [1.82, 2.24) is 9.36 Å². The van der Waals surface area contributed by atoms with Crippen LogP contribution < -0.4 is 10.1 Å². The first-order valence-corrected chi connectivity index (χ1v) is 12.1. The molecule has 0 aliphatic heterocycles. The van der Waals surface area contributed by atoms with E-state index in [0.717, 1.165) is 17.1 Å². The second-order valence-electron chi connectivity index (χ2n) is 6.65. The van der Waals surface area contributed by atoms with Gasteiger partial charge >= 0.3 is 0 Å². The zero-order valence-electron chi connectivity index (χ0n) is 17.3. The Balaban J connectivity index is 1.68. The maximum absolute atomic E-state index is 12.4.